The van der Waals surface area contributed by atoms with Crippen LogP contribution in [0.3, 0.4) is 0 Å². The van der Waals surface area contributed by atoms with E-state index in [0.29, 0.717) is 28.5 Å². The summed E-state index contributed by atoms with van der Waals surface area (Å²) in [6.45, 7) is 1.93. The van der Waals surface area contributed by atoms with Gasteiger partial charge in [-0.15, -0.1) is 0 Å². The molecule has 7 heteroatoms. The highest BCUT2D eigenvalue weighted by molar-refractivity contribution is 5.75. The van der Waals surface area contributed by atoms with Crippen LogP contribution in [0, 0.1) is 12.8 Å². The van der Waals surface area contributed by atoms with Gasteiger partial charge in [0.1, 0.15) is 16.9 Å². The maximum Gasteiger partial charge on any atom is 0.262 e. The highest BCUT2D eigenvalue weighted by atomic mass is 16.5. The van der Waals surface area contributed by atoms with Crippen molar-refractivity contribution < 1.29 is 9.94 Å². The number of rotatable bonds is 3. The first-order chi connectivity index (χ1) is 11.6. The molecule has 4 rings (SSSR count). The first-order valence-corrected chi connectivity index (χ1v) is 8.30. The third-order valence-electron chi connectivity index (χ3n) is 4.81. The Labute approximate surface area is 138 Å². The largest absolute Gasteiger partial charge is 0.310 e. The third kappa shape index (κ3) is 2.55. The Bertz CT molecular complexity index is 953. The number of aromatic amines is 1. The van der Waals surface area contributed by atoms with Crippen LogP contribution in [0.15, 0.2) is 29.5 Å². The van der Waals surface area contributed by atoms with Gasteiger partial charge in [-0.25, -0.2) is 9.67 Å². The fourth-order valence-corrected chi connectivity index (χ4v) is 3.49. The Morgan fingerprint density at radius 2 is 2.21 bits per heavy atom. The molecule has 0 spiro atoms. The van der Waals surface area contributed by atoms with Gasteiger partial charge in [-0.2, -0.15) is 5.10 Å². The predicted molar refractivity (Wildman–Crippen MR) is 87.3 cm³/mol. The number of nitrogens with one attached hydrogen (secondary N) is 1. The molecule has 0 saturated heterocycles. The summed E-state index contributed by atoms with van der Waals surface area (Å²) in [6, 6.07) is 1.79. The number of pyridine rings is 1. The average Bonchev–Trinajstić information content (AvgIpc) is 3.19. The molecule has 1 saturated carbocycles. The SMILES string of the molecule is Cc1cc[n+](O)cc1-n1ncc2c(=O)[nH]c(CC3CCCC3)nc21. The maximum atomic E-state index is 12.4. The molecule has 7 nitrogen and oxygen atoms in total. The van der Waals surface area contributed by atoms with Crippen LogP contribution in [0.25, 0.3) is 16.7 Å². The molecule has 0 unspecified atom stereocenters. The zero-order valence-corrected chi connectivity index (χ0v) is 13.6. The minimum atomic E-state index is -0.162. The Kier molecular flexibility index (Phi) is 3.55. The molecule has 124 valence electrons. The highest BCUT2D eigenvalue weighted by Crippen LogP contribution is 2.27. The van der Waals surface area contributed by atoms with Crippen molar-refractivity contribution in [2.24, 2.45) is 5.92 Å². The molecule has 3 aromatic heterocycles. The van der Waals surface area contributed by atoms with Crippen LogP contribution in [0.5, 0.6) is 0 Å². The van der Waals surface area contributed by atoms with E-state index >= 15 is 0 Å². The number of hydrogen-bond donors (Lipinski definition) is 2. The number of fused-ring (bicyclic) bond motifs is 1. The van der Waals surface area contributed by atoms with Crippen molar-refractivity contribution >= 4 is 11.0 Å². The van der Waals surface area contributed by atoms with E-state index < -0.39 is 0 Å². The van der Waals surface area contributed by atoms with Gasteiger partial charge in [0, 0.05) is 17.2 Å². The van der Waals surface area contributed by atoms with Crippen LogP contribution in [-0.4, -0.2) is 25.0 Å². The number of aromatic nitrogens is 5. The van der Waals surface area contributed by atoms with Gasteiger partial charge in [0.05, 0.1) is 6.20 Å². The summed E-state index contributed by atoms with van der Waals surface area (Å²) in [7, 11) is 0. The molecule has 0 atom stereocenters. The van der Waals surface area contributed by atoms with Gasteiger partial charge in [-0.1, -0.05) is 25.7 Å². The molecule has 3 heterocycles. The Hall–Kier alpha value is -2.70. The van der Waals surface area contributed by atoms with Gasteiger partial charge in [0.2, 0.25) is 12.4 Å². The topological polar surface area (TPSA) is 87.7 Å². The monoisotopic (exact) mass is 326 g/mol. The average molecular weight is 326 g/mol. The first-order valence-electron chi connectivity index (χ1n) is 8.30. The second-order valence-corrected chi connectivity index (χ2v) is 6.55. The fraction of sp³-hybridized carbons (Fsp3) is 0.412. The van der Waals surface area contributed by atoms with Crippen molar-refractivity contribution in [1.82, 2.24) is 19.7 Å². The minimum absolute atomic E-state index is 0.162. The van der Waals surface area contributed by atoms with Gasteiger partial charge < -0.3 is 4.98 Å². The molecular weight excluding hydrogens is 306 g/mol. The number of H-pyrrole nitrogens is 1. The lowest BCUT2D eigenvalue weighted by Gasteiger charge is -2.08. The van der Waals surface area contributed by atoms with E-state index in [0.717, 1.165) is 16.7 Å². The first kappa shape index (κ1) is 14.9. The lowest BCUT2D eigenvalue weighted by atomic mass is 10.0. The Morgan fingerprint density at radius 3 is 3.00 bits per heavy atom. The predicted octanol–water partition coefficient (Wildman–Crippen LogP) is 1.67. The number of aryl methyl sites for hydroxylation is 1. The van der Waals surface area contributed by atoms with Crippen LogP contribution in [-0.2, 0) is 6.42 Å². The molecule has 2 N–H and O–H groups in total. The van der Waals surface area contributed by atoms with Crippen molar-refractivity contribution in [3.8, 4) is 5.69 Å². The Morgan fingerprint density at radius 1 is 1.42 bits per heavy atom. The lowest BCUT2D eigenvalue weighted by Crippen LogP contribution is -2.29. The molecule has 1 fully saturated rings. The lowest BCUT2D eigenvalue weighted by molar-refractivity contribution is -0.904. The van der Waals surface area contributed by atoms with Crippen LogP contribution in [0.1, 0.15) is 37.1 Å². The Balaban J connectivity index is 1.83. The van der Waals surface area contributed by atoms with E-state index in [1.165, 1.54) is 31.9 Å². The van der Waals surface area contributed by atoms with E-state index in [1.807, 2.05) is 6.92 Å². The molecular formula is C17H20N5O2+. The normalized spacial score (nSPS) is 15.4. The van der Waals surface area contributed by atoms with Crippen LogP contribution < -0.4 is 10.3 Å². The van der Waals surface area contributed by atoms with E-state index in [-0.39, 0.29) is 5.56 Å². The summed E-state index contributed by atoms with van der Waals surface area (Å²) in [5.74, 6) is 1.31. The van der Waals surface area contributed by atoms with Crippen LogP contribution in [0.4, 0.5) is 0 Å². The number of hydrogen-bond acceptors (Lipinski definition) is 4. The fourth-order valence-electron chi connectivity index (χ4n) is 3.49. The van der Waals surface area contributed by atoms with Gasteiger partial charge in [-0.05, 0) is 18.4 Å². The number of nitrogens with zero attached hydrogens (tertiary/aromatic N) is 4. The molecule has 3 aromatic rings. The van der Waals surface area contributed by atoms with Crippen molar-refractivity contribution in [1.29, 1.82) is 0 Å². The van der Waals surface area contributed by atoms with Crippen LogP contribution in [0.2, 0.25) is 0 Å². The summed E-state index contributed by atoms with van der Waals surface area (Å²) >= 11 is 0. The standard InChI is InChI=1S/C17H19N5O2/c1-11-6-7-21(24)10-14(11)22-16-13(9-18-22)17(23)20-15(19-16)8-12-4-2-3-5-12/h6-7,9-10,12H,2-5,8H2,1H3,(H-,18,19,20,23,24)/p+1. The molecule has 0 aliphatic heterocycles. The van der Waals surface area contributed by atoms with E-state index in [9.17, 15) is 10.0 Å². The highest BCUT2D eigenvalue weighted by Gasteiger charge is 2.19. The summed E-state index contributed by atoms with van der Waals surface area (Å²) in [5, 5.41) is 14.5. The minimum Gasteiger partial charge on any atom is -0.310 e. The molecule has 1 aliphatic rings. The van der Waals surface area contributed by atoms with Crippen molar-refractivity contribution in [2.75, 3.05) is 0 Å². The van der Waals surface area contributed by atoms with Gasteiger partial charge >= 0.3 is 0 Å². The molecule has 0 radical (unpaired) electrons. The van der Waals surface area contributed by atoms with Crippen molar-refractivity contribution in [3.05, 3.63) is 46.4 Å². The molecule has 0 amide bonds. The summed E-state index contributed by atoms with van der Waals surface area (Å²) in [4.78, 5) is 19.9. The van der Waals surface area contributed by atoms with Crippen molar-refractivity contribution in [3.63, 3.8) is 0 Å². The second-order valence-electron chi connectivity index (χ2n) is 6.55. The smallest absolute Gasteiger partial charge is 0.262 e. The third-order valence-corrected chi connectivity index (χ3v) is 4.81. The van der Waals surface area contributed by atoms with Crippen molar-refractivity contribution in [2.45, 2.75) is 39.0 Å². The van der Waals surface area contributed by atoms with E-state index in [4.69, 9.17) is 0 Å². The van der Waals surface area contributed by atoms with E-state index in [1.54, 1.807) is 23.1 Å². The zero-order chi connectivity index (χ0) is 16.7. The van der Waals surface area contributed by atoms with Crippen LogP contribution >= 0.6 is 0 Å². The molecule has 0 aromatic carbocycles. The second kappa shape index (κ2) is 5.74. The van der Waals surface area contributed by atoms with Gasteiger partial charge in [0.25, 0.3) is 5.56 Å². The van der Waals surface area contributed by atoms with E-state index in [2.05, 4.69) is 15.1 Å². The molecule has 1 aliphatic carbocycles. The van der Waals surface area contributed by atoms with Gasteiger partial charge in [-0.3, -0.25) is 10.0 Å². The molecule has 24 heavy (non-hydrogen) atoms. The maximum absolute atomic E-state index is 12.4. The zero-order valence-electron chi connectivity index (χ0n) is 13.6. The molecule has 0 bridgehead atoms. The summed E-state index contributed by atoms with van der Waals surface area (Å²) in [6.07, 6.45) is 10.3. The quantitative estimate of drug-likeness (QED) is 0.566. The summed E-state index contributed by atoms with van der Waals surface area (Å²) < 4.78 is 2.59. The van der Waals surface area contributed by atoms with Gasteiger partial charge in [0.15, 0.2) is 5.65 Å². The summed E-state index contributed by atoms with van der Waals surface area (Å²) in [5.41, 5.74) is 2.00.